The van der Waals surface area contributed by atoms with E-state index < -0.39 is 14.8 Å². The maximum absolute atomic E-state index is 6.17. The first kappa shape index (κ1) is 22.5. The molecule has 0 saturated heterocycles. The number of ether oxygens (including phenoxy) is 2. The summed E-state index contributed by atoms with van der Waals surface area (Å²) in [6, 6.07) is 11.9. The average molecular weight is 400 g/mol. The zero-order chi connectivity index (χ0) is 21.1. The van der Waals surface area contributed by atoms with Crippen LogP contribution >= 0.6 is 0 Å². The van der Waals surface area contributed by atoms with Crippen LogP contribution in [0.3, 0.4) is 0 Å². The van der Waals surface area contributed by atoms with Crippen molar-refractivity contribution in [3.8, 4) is 23.0 Å². The van der Waals surface area contributed by atoms with Gasteiger partial charge >= 0.3 is 14.8 Å². The third-order valence-electron chi connectivity index (χ3n) is 4.56. The summed E-state index contributed by atoms with van der Waals surface area (Å²) in [5.41, 5.74) is 2.17. The molecule has 0 aliphatic rings. The standard InChI is InChI=1S/2C11H16O2.CH3.Al/c2*1-11(2,3)9-7-8(12)5-6-10(9)13-4;;/h2*5-7,12H,1-4H3;1H3;/q;;;+2/p-2. The molecule has 0 aliphatic heterocycles. The van der Waals surface area contributed by atoms with Gasteiger partial charge < -0.3 is 17.1 Å². The summed E-state index contributed by atoms with van der Waals surface area (Å²) in [5, 5.41) is 0. The zero-order valence-corrected chi connectivity index (χ0v) is 19.8. The molecule has 0 N–H and O–H groups in total. The molecule has 2 aromatic rings. The van der Waals surface area contributed by atoms with Crippen LogP contribution in [-0.4, -0.2) is 29.0 Å². The monoisotopic (exact) mass is 400 g/mol. The molecule has 2 rings (SSSR count). The number of methoxy groups -OCH3 is 2. The maximum atomic E-state index is 6.17. The molecule has 0 spiro atoms. The third-order valence-corrected chi connectivity index (χ3v) is 5.77. The lowest BCUT2D eigenvalue weighted by atomic mass is 9.86. The molecule has 0 aliphatic carbocycles. The van der Waals surface area contributed by atoms with Crippen molar-refractivity contribution >= 4 is 14.8 Å². The summed E-state index contributed by atoms with van der Waals surface area (Å²) >= 11 is -1.94. The molecule has 0 bridgehead atoms. The molecule has 152 valence electrons. The van der Waals surface area contributed by atoms with Crippen molar-refractivity contribution in [3.05, 3.63) is 47.5 Å². The summed E-state index contributed by atoms with van der Waals surface area (Å²) in [6.07, 6.45) is 0. The van der Waals surface area contributed by atoms with Gasteiger partial charge in [0, 0.05) is 11.1 Å². The van der Waals surface area contributed by atoms with Gasteiger partial charge in [-0.2, -0.15) is 0 Å². The summed E-state index contributed by atoms with van der Waals surface area (Å²) in [4.78, 5) is 0. The van der Waals surface area contributed by atoms with E-state index >= 15 is 0 Å². The minimum atomic E-state index is -1.94. The van der Waals surface area contributed by atoms with Crippen molar-refractivity contribution < 1.29 is 17.1 Å². The molecular formula is C23H33AlO4. The highest BCUT2D eigenvalue weighted by Gasteiger charge is 2.28. The lowest BCUT2D eigenvalue weighted by molar-refractivity contribution is 0.390. The van der Waals surface area contributed by atoms with Gasteiger partial charge in [0.15, 0.2) is 0 Å². The Labute approximate surface area is 174 Å². The SMILES string of the molecule is COc1ccc([O][Al]([CH3])[O]c2ccc(OC)c(C(C)(C)C)c2)cc1C(C)(C)C. The summed E-state index contributed by atoms with van der Waals surface area (Å²) in [6.45, 7) is 13.0. The van der Waals surface area contributed by atoms with Gasteiger partial charge in [-0.1, -0.05) is 41.5 Å². The van der Waals surface area contributed by atoms with Gasteiger partial charge in [0.2, 0.25) is 0 Å². The van der Waals surface area contributed by atoms with Crippen LogP contribution in [0.25, 0.3) is 0 Å². The predicted octanol–water partition coefficient (Wildman–Crippen LogP) is 5.87. The Balaban J connectivity index is 2.20. The second-order valence-electron chi connectivity index (χ2n) is 9.03. The highest BCUT2D eigenvalue weighted by Crippen LogP contribution is 2.36. The third kappa shape index (κ3) is 5.59. The molecule has 0 radical (unpaired) electrons. The largest absolute Gasteiger partial charge is 0.853 e. The van der Waals surface area contributed by atoms with Crippen LogP contribution in [0.15, 0.2) is 36.4 Å². The van der Waals surface area contributed by atoms with E-state index in [-0.39, 0.29) is 10.8 Å². The lowest BCUT2D eigenvalue weighted by Gasteiger charge is -2.24. The highest BCUT2D eigenvalue weighted by molar-refractivity contribution is 6.44. The number of benzene rings is 2. The van der Waals surface area contributed by atoms with E-state index in [4.69, 9.17) is 17.1 Å². The Bertz CT molecular complexity index is 736. The Morgan fingerprint density at radius 3 is 1.29 bits per heavy atom. The second kappa shape index (κ2) is 8.68. The van der Waals surface area contributed by atoms with Crippen LogP contribution in [0.2, 0.25) is 5.79 Å². The van der Waals surface area contributed by atoms with Gasteiger partial charge in [-0.25, -0.2) is 0 Å². The van der Waals surface area contributed by atoms with Crippen LogP contribution in [-0.2, 0) is 10.8 Å². The smallest absolute Gasteiger partial charge is 0.612 e. The van der Waals surface area contributed by atoms with Crippen molar-refractivity contribution in [3.63, 3.8) is 0 Å². The topological polar surface area (TPSA) is 36.9 Å². The van der Waals surface area contributed by atoms with Crippen molar-refractivity contribution in [2.75, 3.05) is 14.2 Å². The van der Waals surface area contributed by atoms with Crippen LogP contribution in [0.4, 0.5) is 0 Å². The quantitative estimate of drug-likeness (QED) is 0.568. The fourth-order valence-corrected chi connectivity index (χ4v) is 4.21. The van der Waals surface area contributed by atoms with Crippen LogP contribution in [0.5, 0.6) is 23.0 Å². The first-order valence-corrected chi connectivity index (χ1v) is 11.8. The Morgan fingerprint density at radius 2 is 1.00 bits per heavy atom. The van der Waals surface area contributed by atoms with Gasteiger partial charge in [0.05, 0.1) is 25.7 Å². The van der Waals surface area contributed by atoms with Gasteiger partial charge in [-0.3, -0.25) is 0 Å². The van der Waals surface area contributed by atoms with Gasteiger partial charge in [0.25, 0.3) is 0 Å². The second-order valence-corrected chi connectivity index (χ2v) is 10.6. The number of hydrogen-bond donors (Lipinski definition) is 0. The van der Waals surface area contributed by atoms with Gasteiger partial charge in [0.1, 0.15) is 11.5 Å². The van der Waals surface area contributed by atoms with Crippen molar-refractivity contribution in [1.29, 1.82) is 0 Å². The van der Waals surface area contributed by atoms with E-state index in [0.29, 0.717) is 0 Å². The van der Waals surface area contributed by atoms with Crippen molar-refractivity contribution in [2.45, 2.75) is 58.2 Å². The van der Waals surface area contributed by atoms with E-state index in [0.717, 1.165) is 34.1 Å². The fourth-order valence-electron chi connectivity index (χ4n) is 3.10. The molecule has 2 aromatic carbocycles. The number of rotatable bonds is 6. The van der Waals surface area contributed by atoms with E-state index in [9.17, 15) is 0 Å². The maximum Gasteiger partial charge on any atom is 0.853 e. The molecule has 5 heteroatoms. The summed E-state index contributed by atoms with van der Waals surface area (Å²) in [5.74, 6) is 5.41. The van der Waals surface area contributed by atoms with Crippen LogP contribution in [0.1, 0.15) is 52.7 Å². The average Bonchev–Trinajstić information content (AvgIpc) is 2.60. The lowest BCUT2D eigenvalue weighted by Crippen LogP contribution is -2.26. The van der Waals surface area contributed by atoms with Gasteiger partial charge in [-0.15, -0.1) is 0 Å². The van der Waals surface area contributed by atoms with Crippen molar-refractivity contribution in [2.24, 2.45) is 0 Å². The van der Waals surface area contributed by atoms with Gasteiger partial charge in [-0.05, 0) is 53.0 Å². The molecular weight excluding hydrogens is 367 g/mol. The van der Waals surface area contributed by atoms with Crippen molar-refractivity contribution in [1.82, 2.24) is 0 Å². The molecule has 0 unspecified atom stereocenters. The zero-order valence-electron chi connectivity index (χ0n) is 18.7. The normalized spacial score (nSPS) is 11.8. The molecule has 0 saturated carbocycles. The Morgan fingerprint density at radius 1 is 0.643 bits per heavy atom. The molecule has 0 heterocycles. The van der Waals surface area contributed by atoms with E-state index in [2.05, 4.69) is 53.7 Å². The fraction of sp³-hybridized carbons (Fsp3) is 0.478. The highest BCUT2D eigenvalue weighted by atomic mass is 27.2. The Kier molecular flexibility index (Phi) is 6.96. The van der Waals surface area contributed by atoms with E-state index in [1.54, 1.807) is 14.2 Å². The van der Waals surface area contributed by atoms with E-state index in [1.165, 1.54) is 0 Å². The minimum Gasteiger partial charge on any atom is -0.612 e. The first-order valence-electron chi connectivity index (χ1n) is 9.66. The Hall–Kier alpha value is -1.83. The minimum absolute atomic E-state index is 0.0338. The first-order chi connectivity index (χ1) is 13.0. The molecule has 4 nitrogen and oxygen atoms in total. The molecule has 28 heavy (non-hydrogen) atoms. The molecule has 0 amide bonds. The molecule has 0 atom stereocenters. The summed E-state index contributed by atoms with van der Waals surface area (Å²) in [7, 11) is 3.39. The van der Waals surface area contributed by atoms with Crippen LogP contribution in [0, 0.1) is 0 Å². The molecule has 0 fully saturated rings. The van der Waals surface area contributed by atoms with Crippen LogP contribution < -0.4 is 17.1 Å². The summed E-state index contributed by atoms with van der Waals surface area (Å²) < 4.78 is 23.3. The van der Waals surface area contributed by atoms with E-state index in [1.807, 2.05) is 30.1 Å². The number of hydrogen-bond acceptors (Lipinski definition) is 4. The predicted molar refractivity (Wildman–Crippen MR) is 116 cm³/mol. The molecule has 0 aromatic heterocycles.